The Morgan fingerprint density at radius 3 is 2.04 bits per heavy atom. The lowest BCUT2D eigenvalue weighted by Gasteiger charge is -2.35. The molecule has 1 fully saturated rings. The fourth-order valence-corrected chi connectivity index (χ4v) is 13.0. The van der Waals surface area contributed by atoms with Crippen LogP contribution in [0.5, 0.6) is 12.0 Å². The van der Waals surface area contributed by atoms with Crippen LogP contribution in [0.1, 0.15) is 106 Å². The molecule has 3 aromatic heterocycles. The number of carbonyl (C=O) groups is 7. The van der Waals surface area contributed by atoms with Crippen LogP contribution in [0.3, 0.4) is 0 Å². The van der Waals surface area contributed by atoms with Crippen molar-refractivity contribution in [2.45, 2.75) is 111 Å². The number of nitrogens with two attached hydrogens (primary N) is 1. The number of benzene rings is 4. The maximum Gasteiger partial charge on any atom is 0.320 e. The number of piperazine rings is 1. The molecule has 1 saturated heterocycles. The predicted octanol–water partition coefficient (Wildman–Crippen LogP) is 4.47. The first-order valence-electron chi connectivity index (χ1n) is 39.0. The Morgan fingerprint density at radius 1 is 0.655 bits per heavy atom. The molecular weight excluding hydrogens is 1450 g/mol. The summed E-state index contributed by atoms with van der Waals surface area (Å²) in [6.07, 6.45) is 3.97. The highest BCUT2D eigenvalue weighted by Crippen LogP contribution is 2.42. The van der Waals surface area contributed by atoms with Gasteiger partial charge in [0.2, 0.25) is 40.8 Å². The summed E-state index contributed by atoms with van der Waals surface area (Å²) < 4.78 is 50.8. The Morgan fingerprint density at radius 2 is 1.32 bits per heavy atom. The van der Waals surface area contributed by atoms with Gasteiger partial charge in [0.1, 0.15) is 37.1 Å². The third-order valence-corrected chi connectivity index (χ3v) is 19.3. The van der Waals surface area contributed by atoms with Crippen molar-refractivity contribution in [3.05, 3.63) is 119 Å². The van der Waals surface area contributed by atoms with E-state index >= 15 is 0 Å². The van der Waals surface area contributed by atoms with Crippen LogP contribution in [0.4, 0.5) is 11.5 Å². The molecule has 0 saturated carbocycles. The predicted molar refractivity (Wildman–Crippen MR) is 424 cm³/mol. The first-order chi connectivity index (χ1) is 55.0. The number of nitrogens with one attached hydrogen (secondary N) is 5. The topological polar surface area (TPSA) is 391 Å². The van der Waals surface area contributed by atoms with Crippen molar-refractivity contribution in [2.24, 2.45) is 0 Å². The number of aromatic hydroxyl groups is 1. The van der Waals surface area contributed by atoms with Gasteiger partial charge in [-0.2, -0.15) is 15.0 Å². The number of anilines is 2. The normalized spacial score (nSPS) is 12.5. The van der Waals surface area contributed by atoms with E-state index in [4.69, 9.17) is 43.3 Å². The van der Waals surface area contributed by atoms with Gasteiger partial charge in [0.05, 0.1) is 97.5 Å². The molecule has 6 aromatic rings. The van der Waals surface area contributed by atoms with Crippen LogP contribution in [0, 0.1) is 0 Å². The van der Waals surface area contributed by atoms with Crippen LogP contribution in [-0.4, -0.2) is 256 Å². The van der Waals surface area contributed by atoms with Gasteiger partial charge in [-0.1, -0.05) is 54.1 Å². The van der Waals surface area contributed by atoms with E-state index in [1.54, 1.807) is 23.7 Å². The molecule has 5 heterocycles. The summed E-state index contributed by atoms with van der Waals surface area (Å²) in [5.41, 5.74) is 14.0. The lowest BCUT2D eigenvalue weighted by Crippen LogP contribution is -2.50. The van der Waals surface area contributed by atoms with E-state index in [1.807, 2.05) is 59.6 Å². The van der Waals surface area contributed by atoms with Gasteiger partial charge in [-0.15, -0.1) is 5.10 Å². The molecule has 33 nitrogen and oxygen atoms in total. The number of amides is 7. The summed E-state index contributed by atoms with van der Waals surface area (Å²) in [5, 5.41) is 35.0. The second-order valence-corrected chi connectivity index (χ2v) is 26.9. The number of aryl methyl sites for hydroxylation is 1. The Bertz CT molecular complexity index is 4440. The number of fused-ring (bicyclic) bond motifs is 3. The van der Waals surface area contributed by atoms with E-state index in [2.05, 4.69) is 125 Å². The zero-order chi connectivity index (χ0) is 80.3. The first kappa shape index (κ1) is 86.3. The molecule has 0 spiro atoms. The van der Waals surface area contributed by atoms with Gasteiger partial charge < -0.3 is 89.7 Å². The molecule has 8 N–H and O–H groups in total. The minimum atomic E-state index is -0.884. The van der Waals surface area contributed by atoms with Crippen LogP contribution in [0.15, 0.2) is 95.5 Å². The molecule has 3 aliphatic rings. The van der Waals surface area contributed by atoms with Crippen molar-refractivity contribution in [1.82, 2.24) is 75.5 Å². The summed E-state index contributed by atoms with van der Waals surface area (Å²) in [6.45, 7) is 18.2. The van der Waals surface area contributed by atoms with Crippen LogP contribution in [0.2, 0.25) is 0 Å². The van der Waals surface area contributed by atoms with Gasteiger partial charge in [-0.05, 0) is 87.9 Å². The number of nitrogens with zero attached hydrogens (tertiary/aromatic N) is 11. The van der Waals surface area contributed by atoms with E-state index in [0.29, 0.717) is 109 Å². The first-order valence-corrected chi connectivity index (χ1v) is 39.0. The second kappa shape index (κ2) is 45.7. The SMILES string of the molecule is CCN(CC)c1ccc2c(-c3ccccc3C(=O)N3CCN(C(=O)CCC(=O)NCCOCCOCCOCCn4cc(CCCCC(NC(=O)CCC(=O)NCc5ccc(Cn6c(O)nc7c(N)nc(OCCOC)nc76)cc5)C(=O)NCCOCCOCCC(=O)NC)nn4)CC3)c3ccc(=[N+](CC)CC)cc-3oc2c1. The highest BCUT2D eigenvalue weighted by Gasteiger charge is 2.30. The zero-order valence-electron chi connectivity index (χ0n) is 65.8. The number of nitrogen functional groups attached to an aromatic ring is 1. The Labute approximate surface area is 657 Å². The van der Waals surface area contributed by atoms with Crippen LogP contribution in [0.25, 0.3) is 44.6 Å². The highest BCUT2D eigenvalue weighted by molar-refractivity contribution is 6.09. The number of hydrogen-bond acceptors (Lipinski definition) is 23. The van der Waals surface area contributed by atoms with Crippen molar-refractivity contribution in [3.63, 3.8) is 0 Å². The van der Waals surface area contributed by atoms with E-state index in [-0.39, 0.29) is 151 Å². The monoisotopic (exact) mass is 1560 g/mol. The average molecular weight is 1570 g/mol. The van der Waals surface area contributed by atoms with Gasteiger partial charge in [0, 0.05) is 151 Å². The van der Waals surface area contributed by atoms with Gasteiger partial charge >= 0.3 is 6.01 Å². The number of hydrogen-bond donors (Lipinski definition) is 7. The van der Waals surface area contributed by atoms with Gasteiger partial charge in [0.25, 0.3) is 11.9 Å². The molecule has 113 heavy (non-hydrogen) atoms. The minimum absolute atomic E-state index is 0.0215. The fraction of sp³-hybridized carbons (Fsp3) is 0.512. The third-order valence-electron chi connectivity index (χ3n) is 19.3. The Balaban J connectivity index is 0.619. The molecule has 1 unspecified atom stereocenters. The quantitative estimate of drug-likeness (QED) is 0.0157. The summed E-state index contributed by atoms with van der Waals surface area (Å²) >= 11 is 0. The lowest BCUT2D eigenvalue weighted by atomic mass is 9.90. The molecule has 7 amide bonds. The zero-order valence-corrected chi connectivity index (χ0v) is 65.8. The molecular formula is C80H110N17O16+. The van der Waals surface area contributed by atoms with Crippen molar-refractivity contribution in [3.8, 4) is 34.5 Å². The molecule has 33 heteroatoms. The molecule has 0 radical (unpaired) electrons. The Hall–Kier alpha value is -10.7. The van der Waals surface area contributed by atoms with Crippen molar-refractivity contribution in [1.29, 1.82) is 0 Å². The molecule has 1 atom stereocenters. The maximum atomic E-state index is 14.6. The van der Waals surface area contributed by atoms with E-state index < -0.39 is 17.9 Å². The highest BCUT2D eigenvalue weighted by atomic mass is 16.5. The molecule has 1 aliphatic carbocycles. The molecule has 610 valence electrons. The summed E-state index contributed by atoms with van der Waals surface area (Å²) in [7, 11) is 3.10. The number of carbonyl (C=O) groups excluding carboxylic acids is 7. The van der Waals surface area contributed by atoms with E-state index in [0.717, 1.165) is 87.5 Å². The Kier molecular flexibility index (Phi) is 34.9. The van der Waals surface area contributed by atoms with E-state index in [1.165, 1.54) is 4.57 Å². The van der Waals surface area contributed by atoms with Crippen molar-refractivity contribution in [2.75, 3.05) is 170 Å². The molecule has 9 rings (SSSR count). The lowest BCUT2D eigenvalue weighted by molar-refractivity contribution is -0.134. The fourth-order valence-electron chi connectivity index (χ4n) is 13.0. The second-order valence-electron chi connectivity index (χ2n) is 26.9. The van der Waals surface area contributed by atoms with Gasteiger partial charge in [0.15, 0.2) is 17.0 Å². The van der Waals surface area contributed by atoms with Crippen LogP contribution >= 0.6 is 0 Å². The summed E-state index contributed by atoms with van der Waals surface area (Å²) in [5.74, 6) is -1.06. The summed E-state index contributed by atoms with van der Waals surface area (Å²) in [4.78, 5) is 110. The smallest absolute Gasteiger partial charge is 0.320 e. The third kappa shape index (κ3) is 26.2. The number of rotatable bonds is 49. The number of ether oxygens (including phenoxy) is 7. The minimum Gasteiger partial charge on any atom is -0.480 e. The van der Waals surface area contributed by atoms with Crippen molar-refractivity contribution >= 4 is 75.0 Å². The number of methoxy groups -OCH3 is 1. The average Bonchev–Trinajstić information content (AvgIpc) is 1.34. The summed E-state index contributed by atoms with van der Waals surface area (Å²) in [6, 6.07) is 26.5. The van der Waals surface area contributed by atoms with Crippen LogP contribution < -0.4 is 51.9 Å². The van der Waals surface area contributed by atoms with E-state index in [9.17, 15) is 38.7 Å². The molecule has 2 aliphatic heterocycles. The molecule has 0 bridgehead atoms. The number of unbranched alkanes of at least 4 members (excludes halogenated alkanes) is 1. The van der Waals surface area contributed by atoms with Gasteiger partial charge in [-0.25, -0.2) is 9.26 Å². The number of aromatic nitrogens is 7. The standard InChI is InChI=1S/C80H109N17O16/c1-7-92(8-2)59-23-25-63-66(51-59)113-67-52-60(93(9-3)10-4)24-26-64(67)73(63)61-16-12-13-17-62(61)78(104)95-36-34-94(35-37-95)72(102)30-29-69(99)83-32-40-108-46-48-111-49-47-110-42-38-96-55-58(90-91-96)15-11-14-18-65(77(103)84-33-41-109-45-44-107-39-31-68(98)82-5)86-71(101)28-27-70(100)85-53-56-19-21-57(22-20-56)54-97-76-74(87-80(97)105)75(81)88-79(89-76)112-50-43-106-6/h12-13,16-17,19-26,51-52,55,65,81H,7-11,14-15,18,27-50,53-54H2,1-6H3,(H6,82,83,84,85,86,98,99,100,101,103,104)/p+1. The number of imidazole rings is 1. The largest absolute Gasteiger partial charge is 0.480 e. The molecule has 3 aromatic carbocycles. The van der Waals surface area contributed by atoms with Crippen LogP contribution in [-0.2, 0) is 83.2 Å². The van der Waals surface area contributed by atoms with Crippen molar-refractivity contribution < 1.29 is 76.2 Å². The maximum absolute atomic E-state index is 14.6. The van der Waals surface area contributed by atoms with Gasteiger partial charge in [-0.3, -0.25) is 38.1 Å².